The summed E-state index contributed by atoms with van der Waals surface area (Å²) in [6.07, 6.45) is 0.742. The minimum absolute atomic E-state index is 0.0757. The van der Waals surface area contributed by atoms with Gasteiger partial charge in [-0.1, -0.05) is 31.2 Å². The first kappa shape index (κ1) is 15.9. The van der Waals surface area contributed by atoms with Crippen LogP contribution < -0.4 is 5.32 Å². The van der Waals surface area contributed by atoms with E-state index in [0.717, 1.165) is 23.3 Å². The number of hydrogen-bond donors (Lipinski definition) is 1. The van der Waals surface area contributed by atoms with Gasteiger partial charge in [-0.25, -0.2) is 4.98 Å². The maximum Gasteiger partial charge on any atom is 0.244 e. The predicted molar refractivity (Wildman–Crippen MR) is 94.2 cm³/mol. The average molecular weight is 321 g/mol. The summed E-state index contributed by atoms with van der Waals surface area (Å²) in [5.41, 5.74) is 2.87. The second kappa shape index (κ2) is 6.66. The molecule has 5 nitrogen and oxygen atoms in total. The number of Topliss-reactive ketones (excluding diaryl/α,β-unsaturated/α-hetero) is 1. The molecule has 0 unspecified atom stereocenters. The standard InChI is InChI=1S/C19H19N3O2/c1-3-18-20-16-10-6-7-11-17(16)22(18)12-19(24)21-15-9-5-4-8-14(15)13(2)23/h4-11H,3,12H2,1-2H3,(H,21,24). The first-order valence-corrected chi connectivity index (χ1v) is 7.94. The zero-order valence-corrected chi connectivity index (χ0v) is 13.7. The number of nitrogens with zero attached hydrogens (tertiary/aromatic N) is 2. The van der Waals surface area contributed by atoms with Crippen LogP contribution in [0.4, 0.5) is 5.69 Å². The molecular formula is C19H19N3O2. The van der Waals surface area contributed by atoms with E-state index in [1.165, 1.54) is 6.92 Å². The number of imidazole rings is 1. The molecule has 24 heavy (non-hydrogen) atoms. The van der Waals surface area contributed by atoms with Gasteiger partial charge in [0.2, 0.25) is 5.91 Å². The summed E-state index contributed by atoms with van der Waals surface area (Å²) in [6, 6.07) is 14.8. The monoisotopic (exact) mass is 321 g/mol. The van der Waals surface area contributed by atoms with Crippen LogP contribution in [0.2, 0.25) is 0 Å². The average Bonchev–Trinajstić information content (AvgIpc) is 2.93. The van der Waals surface area contributed by atoms with Crippen molar-refractivity contribution >= 4 is 28.4 Å². The Balaban J connectivity index is 1.87. The minimum Gasteiger partial charge on any atom is -0.324 e. The normalized spacial score (nSPS) is 10.8. The highest BCUT2D eigenvalue weighted by Gasteiger charge is 2.14. The summed E-state index contributed by atoms with van der Waals surface area (Å²) in [7, 11) is 0. The maximum atomic E-state index is 12.5. The number of carbonyl (C=O) groups is 2. The maximum absolute atomic E-state index is 12.5. The lowest BCUT2D eigenvalue weighted by molar-refractivity contribution is -0.116. The fourth-order valence-corrected chi connectivity index (χ4v) is 2.80. The van der Waals surface area contributed by atoms with E-state index in [1.54, 1.807) is 24.3 Å². The van der Waals surface area contributed by atoms with Crippen LogP contribution in [-0.4, -0.2) is 21.2 Å². The number of fused-ring (bicyclic) bond motifs is 1. The number of ketones is 1. The molecule has 122 valence electrons. The number of nitrogens with one attached hydrogen (secondary N) is 1. The first-order chi connectivity index (χ1) is 11.6. The zero-order chi connectivity index (χ0) is 17.1. The molecule has 1 amide bonds. The van der Waals surface area contributed by atoms with E-state index >= 15 is 0 Å². The number of aromatic nitrogens is 2. The van der Waals surface area contributed by atoms with Crippen LogP contribution >= 0.6 is 0 Å². The molecule has 0 bridgehead atoms. The molecule has 3 aromatic rings. The fourth-order valence-electron chi connectivity index (χ4n) is 2.80. The SMILES string of the molecule is CCc1nc2ccccc2n1CC(=O)Nc1ccccc1C(C)=O. The van der Waals surface area contributed by atoms with Gasteiger partial charge in [0, 0.05) is 12.0 Å². The molecule has 1 heterocycles. The van der Waals surface area contributed by atoms with Crippen LogP contribution in [0.15, 0.2) is 48.5 Å². The molecule has 1 N–H and O–H groups in total. The Kier molecular flexibility index (Phi) is 4.42. The summed E-state index contributed by atoms with van der Waals surface area (Å²) in [6.45, 7) is 3.67. The van der Waals surface area contributed by atoms with Crippen molar-refractivity contribution in [3.63, 3.8) is 0 Å². The smallest absolute Gasteiger partial charge is 0.244 e. The number of carbonyl (C=O) groups excluding carboxylic acids is 2. The Hall–Kier alpha value is -2.95. The van der Waals surface area contributed by atoms with Crippen LogP contribution in [0, 0.1) is 0 Å². The van der Waals surface area contributed by atoms with Gasteiger partial charge in [0.1, 0.15) is 12.4 Å². The van der Waals surface area contributed by atoms with Crippen molar-refractivity contribution < 1.29 is 9.59 Å². The van der Waals surface area contributed by atoms with E-state index in [1.807, 2.05) is 35.8 Å². The Bertz CT molecular complexity index is 912. The van der Waals surface area contributed by atoms with E-state index in [9.17, 15) is 9.59 Å². The molecule has 1 aromatic heterocycles. The molecule has 0 aliphatic heterocycles. The van der Waals surface area contributed by atoms with Crippen molar-refractivity contribution in [2.24, 2.45) is 0 Å². The van der Waals surface area contributed by atoms with E-state index in [2.05, 4.69) is 10.3 Å². The third-order valence-electron chi connectivity index (χ3n) is 3.93. The highest BCUT2D eigenvalue weighted by Crippen LogP contribution is 2.18. The lowest BCUT2D eigenvalue weighted by Crippen LogP contribution is -2.21. The van der Waals surface area contributed by atoms with Crippen molar-refractivity contribution in [3.8, 4) is 0 Å². The second-order valence-electron chi connectivity index (χ2n) is 5.61. The van der Waals surface area contributed by atoms with Gasteiger partial charge in [-0.05, 0) is 31.2 Å². The van der Waals surface area contributed by atoms with Crippen LogP contribution in [0.3, 0.4) is 0 Å². The van der Waals surface area contributed by atoms with Gasteiger partial charge in [0.05, 0.1) is 16.7 Å². The molecule has 0 saturated heterocycles. The largest absolute Gasteiger partial charge is 0.324 e. The summed E-state index contributed by atoms with van der Waals surface area (Å²) in [4.78, 5) is 28.7. The molecule has 0 saturated carbocycles. The third-order valence-corrected chi connectivity index (χ3v) is 3.93. The molecular weight excluding hydrogens is 302 g/mol. The summed E-state index contributed by atoms with van der Waals surface area (Å²) in [5, 5.41) is 2.84. The van der Waals surface area contributed by atoms with Gasteiger partial charge in [-0.15, -0.1) is 0 Å². The van der Waals surface area contributed by atoms with E-state index in [0.29, 0.717) is 11.3 Å². The number of anilines is 1. The number of benzene rings is 2. The molecule has 0 atom stereocenters. The van der Waals surface area contributed by atoms with Crippen molar-refractivity contribution in [2.45, 2.75) is 26.8 Å². The number of hydrogen-bond acceptors (Lipinski definition) is 3. The van der Waals surface area contributed by atoms with E-state index in [-0.39, 0.29) is 18.2 Å². The number of para-hydroxylation sites is 3. The van der Waals surface area contributed by atoms with Crippen LogP contribution in [0.25, 0.3) is 11.0 Å². The number of amides is 1. The van der Waals surface area contributed by atoms with Gasteiger partial charge in [-0.2, -0.15) is 0 Å². The van der Waals surface area contributed by atoms with E-state index < -0.39 is 0 Å². The third kappa shape index (κ3) is 3.06. The molecule has 0 radical (unpaired) electrons. The van der Waals surface area contributed by atoms with Crippen molar-refractivity contribution in [1.29, 1.82) is 0 Å². The zero-order valence-electron chi connectivity index (χ0n) is 13.7. The van der Waals surface area contributed by atoms with Gasteiger partial charge < -0.3 is 9.88 Å². The summed E-state index contributed by atoms with van der Waals surface area (Å²) < 4.78 is 1.92. The number of aryl methyl sites for hydroxylation is 1. The van der Waals surface area contributed by atoms with Gasteiger partial charge in [0.15, 0.2) is 5.78 Å². The Morgan fingerprint density at radius 1 is 1.08 bits per heavy atom. The predicted octanol–water partition coefficient (Wildman–Crippen LogP) is 3.44. The van der Waals surface area contributed by atoms with Gasteiger partial charge in [0.25, 0.3) is 0 Å². The molecule has 0 aliphatic carbocycles. The highest BCUT2D eigenvalue weighted by atomic mass is 16.2. The van der Waals surface area contributed by atoms with Gasteiger partial charge >= 0.3 is 0 Å². The molecule has 3 rings (SSSR count). The fraction of sp³-hybridized carbons (Fsp3) is 0.211. The van der Waals surface area contributed by atoms with Gasteiger partial charge in [-0.3, -0.25) is 9.59 Å². The lowest BCUT2D eigenvalue weighted by atomic mass is 10.1. The van der Waals surface area contributed by atoms with Crippen molar-refractivity contribution in [3.05, 3.63) is 59.9 Å². The minimum atomic E-state index is -0.179. The first-order valence-electron chi connectivity index (χ1n) is 7.94. The molecule has 0 aliphatic rings. The molecule has 0 fully saturated rings. The topological polar surface area (TPSA) is 64.0 Å². The Morgan fingerprint density at radius 3 is 2.54 bits per heavy atom. The second-order valence-corrected chi connectivity index (χ2v) is 5.61. The van der Waals surface area contributed by atoms with Crippen molar-refractivity contribution in [2.75, 3.05) is 5.32 Å². The highest BCUT2D eigenvalue weighted by molar-refractivity contribution is 6.03. The molecule has 5 heteroatoms. The summed E-state index contributed by atoms with van der Waals surface area (Å²) >= 11 is 0. The Morgan fingerprint density at radius 2 is 1.79 bits per heavy atom. The Labute approximate surface area is 140 Å². The lowest BCUT2D eigenvalue weighted by Gasteiger charge is -2.11. The van der Waals surface area contributed by atoms with E-state index in [4.69, 9.17) is 0 Å². The number of rotatable bonds is 5. The van der Waals surface area contributed by atoms with Crippen LogP contribution in [0.1, 0.15) is 30.0 Å². The van der Waals surface area contributed by atoms with Crippen molar-refractivity contribution in [1.82, 2.24) is 9.55 Å². The molecule has 0 spiro atoms. The quantitative estimate of drug-likeness (QED) is 0.732. The molecule has 2 aromatic carbocycles. The summed E-state index contributed by atoms with van der Waals surface area (Å²) in [5.74, 6) is 0.612. The van der Waals surface area contributed by atoms with Crippen LogP contribution in [0.5, 0.6) is 0 Å². The van der Waals surface area contributed by atoms with Crippen LogP contribution in [-0.2, 0) is 17.8 Å².